The van der Waals surface area contributed by atoms with Crippen molar-refractivity contribution < 1.29 is 9.53 Å². The molecule has 136 valence electrons. The predicted octanol–water partition coefficient (Wildman–Crippen LogP) is 4.00. The van der Waals surface area contributed by atoms with E-state index in [1.54, 1.807) is 30.3 Å². The van der Waals surface area contributed by atoms with Gasteiger partial charge in [0.15, 0.2) is 0 Å². The van der Waals surface area contributed by atoms with Crippen LogP contribution in [0.4, 0.5) is 5.69 Å². The number of rotatable bonds is 6. The first-order valence-corrected chi connectivity index (χ1v) is 8.59. The van der Waals surface area contributed by atoms with E-state index in [4.69, 9.17) is 10.5 Å². The Kier molecular flexibility index (Phi) is 5.84. The molecule has 0 heterocycles. The predicted molar refractivity (Wildman–Crippen MR) is 108 cm³/mol. The summed E-state index contributed by atoms with van der Waals surface area (Å²) >= 11 is 0. The number of hydrogen-bond donors (Lipinski definition) is 2. The number of anilines is 1. The van der Waals surface area contributed by atoms with E-state index in [9.17, 15) is 4.79 Å². The van der Waals surface area contributed by atoms with Gasteiger partial charge in [0.05, 0.1) is 5.71 Å². The van der Waals surface area contributed by atoms with Gasteiger partial charge in [0, 0.05) is 11.3 Å². The molecule has 0 bridgehead atoms. The zero-order valence-corrected chi connectivity index (χ0v) is 15.1. The van der Waals surface area contributed by atoms with Crippen LogP contribution >= 0.6 is 0 Å². The van der Waals surface area contributed by atoms with Gasteiger partial charge in [-0.2, -0.15) is 5.10 Å². The highest BCUT2D eigenvalue weighted by Crippen LogP contribution is 2.14. The van der Waals surface area contributed by atoms with Crippen molar-refractivity contribution in [3.05, 3.63) is 95.6 Å². The van der Waals surface area contributed by atoms with Crippen molar-refractivity contribution >= 4 is 17.3 Å². The van der Waals surface area contributed by atoms with Gasteiger partial charge in [0.1, 0.15) is 12.4 Å². The molecule has 0 aliphatic carbocycles. The van der Waals surface area contributed by atoms with Gasteiger partial charge in [0.2, 0.25) is 0 Å². The molecular formula is C22H21N3O2. The van der Waals surface area contributed by atoms with Crippen LogP contribution in [0.5, 0.6) is 5.75 Å². The van der Waals surface area contributed by atoms with Crippen molar-refractivity contribution in [3.63, 3.8) is 0 Å². The zero-order valence-electron chi connectivity index (χ0n) is 15.1. The molecule has 0 saturated carbocycles. The Morgan fingerprint density at radius 3 is 2.41 bits per heavy atom. The first-order chi connectivity index (χ1) is 13.1. The molecule has 5 heteroatoms. The minimum atomic E-state index is -0.284. The lowest BCUT2D eigenvalue weighted by molar-refractivity contribution is 0.0955. The number of nitrogens with zero attached hydrogens (tertiary/aromatic N) is 1. The van der Waals surface area contributed by atoms with E-state index < -0.39 is 0 Å². The molecule has 3 rings (SSSR count). The van der Waals surface area contributed by atoms with Crippen molar-refractivity contribution in [2.75, 3.05) is 5.73 Å². The van der Waals surface area contributed by atoms with E-state index in [0.29, 0.717) is 29.3 Å². The van der Waals surface area contributed by atoms with Crippen LogP contribution < -0.4 is 15.9 Å². The Morgan fingerprint density at radius 2 is 1.70 bits per heavy atom. The molecular weight excluding hydrogens is 338 g/mol. The van der Waals surface area contributed by atoms with Crippen LogP contribution in [0.2, 0.25) is 0 Å². The van der Waals surface area contributed by atoms with Crippen molar-refractivity contribution in [1.82, 2.24) is 5.43 Å². The average Bonchev–Trinajstić information content (AvgIpc) is 2.71. The number of nitrogens with two attached hydrogens (primary N) is 1. The third-order valence-corrected chi connectivity index (χ3v) is 3.99. The zero-order chi connectivity index (χ0) is 19.1. The van der Waals surface area contributed by atoms with E-state index in [2.05, 4.69) is 10.5 Å². The molecule has 0 spiro atoms. The van der Waals surface area contributed by atoms with Crippen LogP contribution in [0.25, 0.3) is 0 Å². The number of nitrogen functional groups attached to an aromatic ring is 1. The molecule has 3 N–H and O–H groups in total. The third-order valence-electron chi connectivity index (χ3n) is 3.99. The summed E-state index contributed by atoms with van der Waals surface area (Å²) in [5.74, 6) is 0.419. The number of benzene rings is 3. The first-order valence-electron chi connectivity index (χ1n) is 8.59. The maximum Gasteiger partial charge on any atom is 0.271 e. The number of amides is 1. The van der Waals surface area contributed by atoms with Gasteiger partial charge in [-0.1, -0.05) is 42.5 Å². The summed E-state index contributed by atoms with van der Waals surface area (Å²) in [6.07, 6.45) is 0. The monoisotopic (exact) mass is 359 g/mol. The molecule has 0 aliphatic heterocycles. The Balaban J connectivity index is 1.58. The van der Waals surface area contributed by atoms with E-state index >= 15 is 0 Å². The number of carbonyl (C=O) groups is 1. The standard InChI is InChI=1S/C22H21N3O2/c1-16(19-8-5-9-20(23)14-19)24-25-22(26)18-10-12-21(13-11-18)27-15-17-6-3-2-4-7-17/h2-14H,15,23H2,1H3,(H,25,26). The Bertz CT molecular complexity index is 935. The van der Waals surface area contributed by atoms with Crippen LogP contribution in [0.15, 0.2) is 84.0 Å². The highest BCUT2D eigenvalue weighted by molar-refractivity contribution is 6.01. The van der Waals surface area contributed by atoms with E-state index in [0.717, 1.165) is 11.1 Å². The second-order valence-corrected chi connectivity index (χ2v) is 6.06. The lowest BCUT2D eigenvalue weighted by Gasteiger charge is -2.07. The smallest absolute Gasteiger partial charge is 0.271 e. The summed E-state index contributed by atoms with van der Waals surface area (Å²) in [6, 6.07) is 24.2. The summed E-state index contributed by atoms with van der Waals surface area (Å²) in [4.78, 5) is 12.3. The van der Waals surface area contributed by atoms with Gasteiger partial charge in [0.25, 0.3) is 5.91 Å². The molecule has 27 heavy (non-hydrogen) atoms. The topological polar surface area (TPSA) is 76.7 Å². The highest BCUT2D eigenvalue weighted by atomic mass is 16.5. The molecule has 1 amide bonds. The largest absolute Gasteiger partial charge is 0.489 e. The molecule has 0 atom stereocenters. The molecule has 0 aromatic heterocycles. The molecule has 3 aromatic carbocycles. The van der Waals surface area contributed by atoms with Crippen LogP contribution in [-0.4, -0.2) is 11.6 Å². The Morgan fingerprint density at radius 1 is 0.963 bits per heavy atom. The summed E-state index contributed by atoms with van der Waals surface area (Å²) in [7, 11) is 0. The van der Waals surface area contributed by atoms with Crippen LogP contribution in [0, 0.1) is 0 Å². The fourth-order valence-corrected chi connectivity index (χ4v) is 2.47. The molecule has 5 nitrogen and oxygen atoms in total. The SMILES string of the molecule is CC(=NNC(=O)c1ccc(OCc2ccccc2)cc1)c1cccc(N)c1. The van der Waals surface area contributed by atoms with Crippen LogP contribution in [-0.2, 0) is 6.61 Å². The second-order valence-electron chi connectivity index (χ2n) is 6.06. The van der Waals surface area contributed by atoms with E-state index in [1.807, 2.05) is 55.5 Å². The quantitative estimate of drug-likeness (QED) is 0.397. The minimum Gasteiger partial charge on any atom is -0.489 e. The minimum absolute atomic E-state index is 0.284. The van der Waals surface area contributed by atoms with Gasteiger partial charge >= 0.3 is 0 Å². The van der Waals surface area contributed by atoms with Gasteiger partial charge in [-0.3, -0.25) is 4.79 Å². The number of ether oxygens (including phenoxy) is 1. The summed E-state index contributed by atoms with van der Waals surface area (Å²) in [5.41, 5.74) is 12.1. The van der Waals surface area contributed by atoms with Crippen molar-refractivity contribution in [1.29, 1.82) is 0 Å². The maximum atomic E-state index is 12.3. The number of hydrazone groups is 1. The number of nitrogens with one attached hydrogen (secondary N) is 1. The molecule has 0 unspecified atom stereocenters. The fourth-order valence-electron chi connectivity index (χ4n) is 2.47. The average molecular weight is 359 g/mol. The fraction of sp³-hybridized carbons (Fsp3) is 0.0909. The maximum absolute atomic E-state index is 12.3. The van der Waals surface area contributed by atoms with Crippen molar-refractivity contribution in [2.24, 2.45) is 5.10 Å². The van der Waals surface area contributed by atoms with Gasteiger partial charge in [-0.15, -0.1) is 0 Å². The van der Waals surface area contributed by atoms with E-state index in [1.165, 1.54) is 0 Å². The Hall–Kier alpha value is -3.60. The normalized spacial score (nSPS) is 11.1. The van der Waals surface area contributed by atoms with Crippen LogP contribution in [0.3, 0.4) is 0 Å². The van der Waals surface area contributed by atoms with Gasteiger partial charge in [-0.25, -0.2) is 5.43 Å². The van der Waals surface area contributed by atoms with Crippen molar-refractivity contribution in [3.8, 4) is 5.75 Å². The lowest BCUT2D eigenvalue weighted by atomic mass is 10.1. The highest BCUT2D eigenvalue weighted by Gasteiger charge is 2.06. The second kappa shape index (κ2) is 8.67. The molecule has 0 aliphatic rings. The van der Waals surface area contributed by atoms with E-state index in [-0.39, 0.29) is 5.91 Å². The summed E-state index contributed by atoms with van der Waals surface area (Å²) in [6.45, 7) is 2.30. The summed E-state index contributed by atoms with van der Waals surface area (Å²) in [5, 5.41) is 4.14. The first kappa shape index (κ1) is 18.2. The van der Waals surface area contributed by atoms with Crippen molar-refractivity contribution in [2.45, 2.75) is 13.5 Å². The molecule has 3 aromatic rings. The molecule has 0 fully saturated rings. The molecule has 0 radical (unpaired) electrons. The number of hydrogen-bond acceptors (Lipinski definition) is 4. The van der Waals surface area contributed by atoms with Gasteiger partial charge in [-0.05, 0) is 54.4 Å². The van der Waals surface area contributed by atoms with Crippen LogP contribution in [0.1, 0.15) is 28.4 Å². The number of carbonyl (C=O) groups excluding carboxylic acids is 1. The lowest BCUT2D eigenvalue weighted by Crippen LogP contribution is -2.19. The Labute approximate surface area is 158 Å². The molecule has 0 saturated heterocycles. The van der Waals surface area contributed by atoms with Gasteiger partial charge < -0.3 is 10.5 Å². The summed E-state index contributed by atoms with van der Waals surface area (Å²) < 4.78 is 5.72. The third kappa shape index (κ3) is 5.19.